The van der Waals surface area contributed by atoms with Crippen molar-refractivity contribution in [2.75, 3.05) is 6.54 Å². The number of nitrogens with one attached hydrogen (secondary N) is 1. The van der Waals surface area contributed by atoms with Crippen LogP contribution in [0.1, 0.15) is 31.9 Å². The standard InChI is InChI=1S/C22H25Cl2FN2O2/c1-14(2)12-26-22(29)15(3)27(13-16-7-9-17(25)10-8-16)21(28)11-18-19(23)5-4-6-20(18)24/h4-10,14-15H,11-13H2,1-3H3,(H,26,29)/t15-/m0/s1. The number of halogens is 3. The van der Waals surface area contributed by atoms with Crippen LogP contribution in [0.5, 0.6) is 0 Å². The molecule has 0 aliphatic rings. The molecular formula is C22H25Cl2FN2O2. The fraction of sp³-hybridized carbons (Fsp3) is 0.364. The van der Waals surface area contributed by atoms with E-state index in [-0.39, 0.29) is 36.5 Å². The third-order valence-corrected chi connectivity index (χ3v) is 5.22. The summed E-state index contributed by atoms with van der Waals surface area (Å²) >= 11 is 12.4. The molecule has 1 atom stereocenters. The summed E-state index contributed by atoms with van der Waals surface area (Å²) in [6.45, 7) is 6.33. The number of hydrogen-bond acceptors (Lipinski definition) is 2. The Labute approximate surface area is 181 Å². The first-order valence-electron chi connectivity index (χ1n) is 9.43. The minimum Gasteiger partial charge on any atom is -0.354 e. The van der Waals surface area contributed by atoms with Gasteiger partial charge in [0.1, 0.15) is 11.9 Å². The summed E-state index contributed by atoms with van der Waals surface area (Å²) in [5, 5.41) is 3.64. The van der Waals surface area contributed by atoms with Gasteiger partial charge < -0.3 is 10.2 Å². The number of nitrogens with zero attached hydrogens (tertiary/aromatic N) is 1. The number of benzene rings is 2. The average Bonchev–Trinajstić information content (AvgIpc) is 2.67. The van der Waals surface area contributed by atoms with E-state index in [1.54, 1.807) is 37.3 Å². The van der Waals surface area contributed by atoms with Crippen LogP contribution in [0.3, 0.4) is 0 Å². The lowest BCUT2D eigenvalue weighted by atomic mass is 10.1. The van der Waals surface area contributed by atoms with Crippen LogP contribution in [0, 0.1) is 11.7 Å². The number of amides is 2. The summed E-state index contributed by atoms with van der Waals surface area (Å²) in [6, 6.07) is 10.2. The SMILES string of the molecule is CC(C)CNC(=O)[C@H](C)N(Cc1ccc(F)cc1)C(=O)Cc1c(Cl)cccc1Cl. The Bertz CT molecular complexity index is 836. The Kier molecular flexibility index (Phi) is 8.47. The van der Waals surface area contributed by atoms with Gasteiger partial charge in [0.2, 0.25) is 11.8 Å². The molecule has 0 heterocycles. The smallest absolute Gasteiger partial charge is 0.242 e. The summed E-state index contributed by atoms with van der Waals surface area (Å²) in [7, 11) is 0. The Morgan fingerprint density at radius 2 is 1.62 bits per heavy atom. The topological polar surface area (TPSA) is 49.4 Å². The maximum absolute atomic E-state index is 13.2. The number of hydrogen-bond donors (Lipinski definition) is 1. The van der Waals surface area contributed by atoms with E-state index in [1.165, 1.54) is 17.0 Å². The molecule has 7 heteroatoms. The van der Waals surface area contributed by atoms with E-state index in [1.807, 2.05) is 13.8 Å². The monoisotopic (exact) mass is 438 g/mol. The van der Waals surface area contributed by atoms with Gasteiger partial charge >= 0.3 is 0 Å². The minimum absolute atomic E-state index is 0.0402. The molecule has 4 nitrogen and oxygen atoms in total. The quantitative estimate of drug-likeness (QED) is 0.639. The van der Waals surface area contributed by atoms with Crippen LogP contribution in [0.15, 0.2) is 42.5 Å². The van der Waals surface area contributed by atoms with Crippen molar-refractivity contribution in [1.29, 1.82) is 0 Å². The molecule has 2 rings (SSSR count). The molecule has 29 heavy (non-hydrogen) atoms. The summed E-state index contributed by atoms with van der Waals surface area (Å²) in [4.78, 5) is 27.2. The molecular weight excluding hydrogens is 414 g/mol. The Morgan fingerprint density at radius 3 is 2.17 bits per heavy atom. The van der Waals surface area contributed by atoms with E-state index < -0.39 is 6.04 Å². The van der Waals surface area contributed by atoms with Crippen LogP contribution >= 0.6 is 23.2 Å². The molecule has 2 aromatic rings. The second-order valence-corrected chi connectivity index (χ2v) is 8.15. The fourth-order valence-corrected chi connectivity index (χ4v) is 3.31. The van der Waals surface area contributed by atoms with Crippen molar-refractivity contribution >= 4 is 35.0 Å². The van der Waals surface area contributed by atoms with E-state index in [0.717, 1.165) is 0 Å². The maximum Gasteiger partial charge on any atom is 0.242 e. The molecule has 1 N–H and O–H groups in total. The van der Waals surface area contributed by atoms with Crippen molar-refractivity contribution in [2.24, 2.45) is 5.92 Å². The van der Waals surface area contributed by atoms with Crippen molar-refractivity contribution in [3.8, 4) is 0 Å². The van der Waals surface area contributed by atoms with Crippen LogP contribution in [-0.4, -0.2) is 29.3 Å². The average molecular weight is 439 g/mol. The van der Waals surface area contributed by atoms with E-state index in [2.05, 4.69) is 5.32 Å². The normalized spacial score (nSPS) is 12.0. The first kappa shape index (κ1) is 23.2. The third-order valence-electron chi connectivity index (χ3n) is 4.51. The lowest BCUT2D eigenvalue weighted by Crippen LogP contribution is -2.48. The van der Waals surface area contributed by atoms with E-state index in [0.29, 0.717) is 27.7 Å². The molecule has 2 aromatic carbocycles. The summed E-state index contributed by atoms with van der Waals surface area (Å²) in [5.41, 5.74) is 1.23. The van der Waals surface area contributed by atoms with E-state index in [4.69, 9.17) is 23.2 Å². The summed E-state index contributed by atoms with van der Waals surface area (Å²) < 4.78 is 13.2. The molecule has 0 aromatic heterocycles. The van der Waals surface area contributed by atoms with Gasteiger partial charge in [0, 0.05) is 23.1 Å². The highest BCUT2D eigenvalue weighted by atomic mass is 35.5. The predicted molar refractivity (Wildman–Crippen MR) is 114 cm³/mol. The zero-order chi connectivity index (χ0) is 21.6. The molecule has 0 fully saturated rings. The molecule has 0 spiro atoms. The number of carbonyl (C=O) groups excluding carboxylic acids is 2. The van der Waals surface area contributed by atoms with Gasteiger partial charge in [0.15, 0.2) is 0 Å². The van der Waals surface area contributed by atoms with Crippen molar-refractivity contribution in [3.05, 3.63) is 69.5 Å². The Hall–Kier alpha value is -2.11. The van der Waals surface area contributed by atoms with Gasteiger partial charge in [-0.3, -0.25) is 9.59 Å². The summed E-state index contributed by atoms with van der Waals surface area (Å²) in [5.74, 6) is -0.623. The van der Waals surface area contributed by atoms with Crippen molar-refractivity contribution in [3.63, 3.8) is 0 Å². The molecule has 0 radical (unpaired) electrons. The van der Waals surface area contributed by atoms with Crippen molar-refractivity contribution < 1.29 is 14.0 Å². The van der Waals surface area contributed by atoms with Crippen LogP contribution in [0.4, 0.5) is 4.39 Å². The first-order valence-corrected chi connectivity index (χ1v) is 10.2. The van der Waals surface area contributed by atoms with Gasteiger partial charge in [-0.1, -0.05) is 55.2 Å². The molecule has 0 aliphatic heterocycles. The first-order chi connectivity index (χ1) is 13.7. The van der Waals surface area contributed by atoms with E-state index in [9.17, 15) is 14.0 Å². The molecule has 0 bridgehead atoms. The highest BCUT2D eigenvalue weighted by molar-refractivity contribution is 6.36. The Balaban J connectivity index is 2.26. The third kappa shape index (κ3) is 6.72. The molecule has 0 saturated carbocycles. The van der Waals surface area contributed by atoms with Gasteiger partial charge in [-0.15, -0.1) is 0 Å². The molecule has 2 amide bonds. The molecule has 0 saturated heterocycles. The molecule has 0 unspecified atom stereocenters. The van der Waals surface area contributed by atoms with Gasteiger partial charge in [0.25, 0.3) is 0 Å². The molecule has 0 aliphatic carbocycles. The van der Waals surface area contributed by atoms with Crippen LogP contribution in [0.25, 0.3) is 0 Å². The number of rotatable bonds is 8. The van der Waals surface area contributed by atoms with Gasteiger partial charge in [0.05, 0.1) is 6.42 Å². The van der Waals surface area contributed by atoms with Crippen LogP contribution in [0.2, 0.25) is 10.0 Å². The highest BCUT2D eigenvalue weighted by Gasteiger charge is 2.27. The van der Waals surface area contributed by atoms with Crippen molar-refractivity contribution in [2.45, 2.75) is 39.8 Å². The highest BCUT2D eigenvalue weighted by Crippen LogP contribution is 2.26. The van der Waals surface area contributed by atoms with Gasteiger partial charge in [-0.25, -0.2) is 4.39 Å². The zero-order valence-electron chi connectivity index (χ0n) is 16.7. The lowest BCUT2D eigenvalue weighted by Gasteiger charge is -2.29. The van der Waals surface area contributed by atoms with Gasteiger partial charge in [-0.05, 0) is 48.2 Å². The predicted octanol–water partition coefficient (Wildman–Crippen LogP) is 4.86. The number of carbonyl (C=O) groups is 2. The van der Waals surface area contributed by atoms with Crippen LogP contribution < -0.4 is 5.32 Å². The zero-order valence-corrected chi connectivity index (χ0v) is 18.2. The second-order valence-electron chi connectivity index (χ2n) is 7.34. The minimum atomic E-state index is -0.715. The maximum atomic E-state index is 13.2. The largest absolute Gasteiger partial charge is 0.354 e. The van der Waals surface area contributed by atoms with E-state index >= 15 is 0 Å². The Morgan fingerprint density at radius 1 is 1.03 bits per heavy atom. The van der Waals surface area contributed by atoms with Gasteiger partial charge in [-0.2, -0.15) is 0 Å². The summed E-state index contributed by atoms with van der Waals surface area (Å²) in [6.07, 6.45) is -0.0402. The fourth-order valence-electron chi connectivity index (χ4n) is 2.78. The van der Waals surface area contributed by atoms with Crippen LogP contribution in [-0.2, 0) is 22.6 Å². The molecule has 156 valence electrons. The van der Waals surface area contributed by atoms with Crippen molar-refractivity contribution in [1.82, 2.24) is 10.2 Å². The lowest BCUT2D eigenvalue weighted by molar-refractivity contribution is -0.140. The second kappa shape index (κ2) is 10.6.